The van der Waals surface area contributed by atoms with E-state index in [1.807, 2.05) is 13.8 Å². The minimum Gasteiger partial charge on any atom is -0.460 e. The molecule has 170 valence electrons. The van der Waals surface area contributed by atoms with Gasteiger partial charge in [0.15, 0.2) is 0 Å². The SMILES string of the molecule is CCCN(CCC)S(=O)(=O)c1ccc(C(=O)OCCN(C)C(=O)OC(C)(C)C)cc1. The molecular formula is C21H34N2O6S. The molecule has 0 heterocycles. The minimum absolute atomic E-state index is 0.00456. The lowest BCUT2D eigenvalue weighted by molar-refractivity contribution is 0.0217. The number of carbonyl (C=O) groups excluding carboxylic acids is 2. The molecule has 0 aliphatic heterocycles. The molecular weight excluding hydrogens is 408 g/mol. The van der Waals surface area contributed by atoms with Crippen molar-refractivity contribution < 1.29 is 27.5 Å². The van der Waals surface area contributed by atoms with E-state index in [0.29, 0.717) is 13.1 Å². The summed E-state index contributed by atoms with van der Waals surface area (Å²) in [6.07, 6.45) is 0.944. The fraction of sp³-hybridized carbons (Fsp3) is 0.619. The predicted molar refractivity (Wildman–Crippen MR) is 115 cm³/mol. The van der Waals surface area contributed by atoms with E-state index in [2.05, 4.69) is 0 Å². The molecule has 8 nitrogen and oxygen atoms in total. The van der Waals surface area contributed by atoms with Crippen molar-refractivity contribution in [3.8, 4) is 0 Å². The normalized spacial score (nSPS) is 12.0. The molecule has 1 amide bonds. The van der Waals surface area contributed by atoms with E-state index < -0.39 is 27.7 Å². The van der Waals surface area contributed by atoms with Crippen molar-refractivity contribution in [2.45, 2.75) is 58.0 Å². The molecule has 0 spiro atoms. The first kappa shape index (κ1) is 25.9. The number of hydrogen-bond acceptors (Lipinski definition) is 6. The summed E-state index contributed by atoms with van der Waals surface area (Å²) < 4.78 is 37.4. The van der Waals surface area contributed by atoms with Gasteiger partial charge in [0.2, 0.25) is 10.0 Å². The minimum atomic E-state index is -3.60. The fourth-order valence-corrected chi connectivity index (χ4v) is 4.18. The number of ether oxygens (including phenoxy) is 2. The van der Waals surface area contributed by atoms with Gasteiger partial charge in [-0.05, 0) is 57.9 Å². The first-order chi connectivity index (χ1) is 13.9. The maximum absolute atomic E-state index is 12.8. The van der Waals surface area contributed by atoms with Crippen molar-refractivity contribution in [3.63, 3.8) is 0 Å². The van der Waals surface area contributed by atoms with Gasteiger partial charge in [0.1, 0.15) is 12.2 Å². The van der Waals surface area contributed by atoms with Crippen molar-refractivity contribution in [1.29, 1.82) is 0 Å². The number of benzene rings is 1. The van der Waals surface area contributed by atoms with Gasteiger partial charge >= 0.3 is 12.1 Å². The molecule has 1 aromatic rings. The lowest BCUT2D eigenvalue weighted by atomic mass is 10.2. The first-order valence-corrected chi connectivity index (χ1v) is 11.6. The Morgan fingerprint density at radius 2 is 1.50 bits per heavy atom. The Labute approximate surface area is 180 Å². The molecule has 1 rings (SSSR count). The van der Waals surface area contributed by atoms with Crippen LogP contribution in [0.5, 0.6) is 0 Å². The number of sulfonamides is 1. The summed E-state index contributed by atoms with van der Waals surface area (Å²) in [7, 11) is -2.04. The van der Waals surface area contributed by atoms with Gasteiger partial charge in [-0.15, -0.1) is 0 Å². The summed E-state index contributed by atoms with van der Waals surface area (Å²) in [4.78, 5) is 25.6. The van der Waals surface area contributed by atoms with E-state index >= 15 is 0 Å². The Hall–Kier alpha value is -2.13. The van der Waals surface area contributed by atoms with Gasteiger partial charge in [-0.1, -0.05) is 13.8 Å². The molecule has 0 aliphatic rings. The van der Waals surface area contributed by atoms with Gasteiger partial charge in [-0.25, -0.2) is 18.0 Å². The smallest absolute Gasteiger partial charge is 0.410 e. The van der Waals surface area contributed by atoms with Gasteiger partial charge in [-0.3, -0.25) is 0 Å². The zero-order valence-corrected chi connectivity index (χ0v) is 19.6. The van der Waals surface area contributed by atoms with Gasteiger partial charge in [-0.2, -0.15) is 4.31 Å². The van der Waals surface area contributed by atoms with Crippen LogP contribution in [0.3, 0.4) is 0 Å². The molecule has 0 N–H and O–H groups in total. The molecule has 0 unspecified atom stereocenters. The van der Waals surface area contributed by atoms with Crippen molar-refractivity contribution in [1.82, 2.24) is 9.21 Å². The summed E-state index contributed by atoms with van der Waals surface area (Å²) in [5.41, 5.74) is -0.361. The number of hydrogen-bond donors (Lipinski definition) is 0. The van der Waals surface area contributed by atoms with Gasteiger partial charge < -0.3 is 14.4 Å². The molecule has 0 radical (unpaired) electrons. The highest BCUT2D eigenvalue weighted by molar-refractivity contribution is 7.89. The molecule has 0 saturated carbocycles. The van der Waals surface area contributed by atoms with E-state index in [0.717, 1.165) is 12.8 Å². The molecule has 0 fully saturated rings. The Kier molecular flexibility index (Phi) is 9.77. The second kappa shape index (κ2) is 11.3. The van der Waals surface area contributed by atoms with Crippen LogP contribution in [0, 0.1) is 0 Å². The third kappa shape index (κ3) is 7.95. The summed E-state index contributed by atoms with van der Waals surface area (Å²) in [5, 5.41) is 0. The van der Waals surface area contributed by atoms with Crippen LogP contribution in [-0.4, -0.2) is 68.6 Å². The highest BCUT2D eigenvalue weighted by Crippen LogP contribution is 2.18. The highest BCUT2D eigenvalue weighted by Gasteiger charge is 2.23. The van der Waals surface area contributed by atoms with E-state index in [1.54, 1.807) is 27.8 Å². The molecule has 0 aliphatic carbocycles. The third-order valence-electron chi connectivity index (χ3n) is 4.04. The number of esters is 1. The van der Waals surface area contributed by atoms with Crippen molar-refractivity contribution in [2.75, 3.05) is 33.3 Å². The van der Waals surface area contributed by atoms with Crippen molar-refractivity contribution in [2.24, 2.45) is 0 Å². The van der Waals surface area contributed by atoms with Crippen LogP contribution in [0.4, 0.5) is 4.79 Å². The maximum Gasteiger partial charge on any atom is 0.410 e. The molecule has 1 aromatic carbocycles. The summed E-state index contributed by atoms with van der Waals surface area (Å²) in [6.45, 7) is 10.2. The van der Waals surface area contributed by atoms with E-state index in [1.165, 1.54) is 33.5 Å². The second-order valence-corrected chi connectivity index (χ2v) is 9.90. The topological polar surface area (TPSA) is 93.2 Å². The van der Waals surface area contributed by atoms with Crippen LogP contribution >= 0.6 is 0 Å². The number of carbonyl (C=O) groups is 2. The first-order valence-electron chi connectivity index (χ1n) is 10.1. The number of rotatable bonds is 10. The quantitative estimate of drug-likeness (QED) is 0.515. The third-order valence-corrected chi connectivity index (χ3v) is 5.95. The summed E-state index contributed by atoms with van der Waals surface area (Å²) >= 11 is 0. The predicted octanol–water partition coefficient (Wildman–Crippen LogP) is 3.52. The van der Waals surface area contributed by atoms with Crippen LogP contribution in [-0.2, 0) is 19.5 Å². The second-order valence-electron chi connectivity index (χ2n) is 7.97. The lowest BCUT2D eigenvalue weighted by Crippen LogP contribution is -2.36. The number of amides is 1. The Bertz CT molecular complexity index is 794. The summed E-state index contributed by atoms with van der Waals surface area (Å²) in [6, 6.07) is 5.69. The average molecular weight is 443 g/mol. The monoisotopic (exact) mass is 442 g/mol. The van der Waals surface area contributed by atoms with Gasteiger partial charge in [0, 0.05) is 20.1 Å². The Morgan fingerprint density at radius 1 is 0.967 bits per heavy atom. The molecule has 30 heavy (non-hydrogen) atoms. The molecule has 0 saturated heterocycles. The summed E-state index contributed by atoms with van der Waals surface area (Å²) in [5.74, 6) is -0.587. The number of nitrogens with zero attached hydrogens (tertiary/aromatic N) is 2. The number of likely N-dealkylation sites (N-methyl/N-ethyl adjacent to an activating group) is 1. The lowest BCUT2D eigenvalue weighted by Gasteiger charge is -2.24. The van der Waals surface area contributed by atoms with Crippen molar-refractivity contribution in [3.05, 3.63) is 29.8 Å². The van der Waals surface area contributed by atoms with E-state index in [4.69, 9.17) is 9.47 Å². The van der Waals surface area contributed by atoms with E-state index in [9.17, 15) is 18.0 Å². The Morgan fingerprint density at radius 3 is 1.97 bits per heavy atom. The zero-order valence-electron chi connectivity index (χ0n) is 18.8. The van der Waals surface area contributed by atoms with Crippen LogP contribution in [0.1, 0.15) is 57.8 Å². The average Bonchev–Trinajstić information content (AvgIpc) is 2.66. The van der Waals surface area contributed by atoms with Crippen LogP contribution in [0.2, 0.25) is 0 Å². The molecule has 0 bridgehead atoms. The molecule has 0 aromatic heterocycles. The fourth-order valence-electron chi connectivity index (χ4n) is 2.55. The standard InChI is InChI=1S/C21H34N2O6S/c1-7-13-23(14-8-2)30(26,27)18-11-9-17(10-12-18)19(24)28-16-15-22(6)20(25)29-21(3,4)5/h9-12H,7-8,13-16H2,1-6H3. The van der Waals surface area contributed by atoms with Crippen molar-refractivity contribution >= 4 is 22.1 Å². The molecule has 9 heteroatoms. The Balaban J connectivity index is 2.68. The maximum atomic E-state index is 12.8. The van der Waals surface area contributed by atoms with Crippen LogP contribution in [0.15, 0.2) is 29.2 Å². The van der Waals surface area contributed by atoms with Gasteiger partial charge in [0.25, 0.3) is 0 Å². The highest BCUT2D eigenvalue weighted by atomic mass is 32.2. The zero-order chi connectivity index (χ0) is 22.9. The van der Waals surface area contributed by atoms with Crippen LogP contribution < -0.4 is 0 Å². The largest absolute Gasteiger partial charge is 0.460 e. The van der Waals surface area contributed by atoms with Gasteiger partial charge in [0.05, 0.1) is 17.0 Å². The molecule has 0 atom stereocenters. The van der Waals surface area contributed by atoms with Crippen LogP contribution in [0.25, 0.3) is 0 Å². The van der Waals surface area contributed by atoms with E-state index in [-0.39, 0.29) is 23.6 Å².